The SMILES string of the molecule is Cc1cccc(Nc2ccc([C@@H]3CCCN(S(=O)(=O)c4c(C)noc4C)C3)nc2)n1. The first kappa shape index (κ1) is 20.5. The van der Waals surface area contributed by atoms with Gasteiger partial charge >= 0.3 is 0 Å². The van der Waals surface area contributed by atoms with Gasteiger partial charge in [-0.25, -0.2) is 13.4 Å². The Kier molecular flexibility index (Phi) is 5.57. The number of hydrogen-bond acceptors (Lipinski definition) is 7. The smallest absolute Gasteiger partial charge is 0.248 e. The number of aromatic nitrogens is 3. The Bertz CT molecular complexity index is 1120. The van der Waals surface area contributed by atoms with Crippen molar-refractivity contribution in [3.05, 3.63) is 59.4 Å². The number of piperidine rings is 1. The molecular weight excluding hydrogens is 402 g/mol. The Labute approximate surface area is 176 Å². The molecule has 9 heteroatoms. The van der Waals surface area contributed by atoms with Gasteiger partial charge in [0.25, 0.3) is 0 Å². The highest BCUT2D eigenvalue weighted by Crippen LogP contribution is 2.31. The van der Waals surface area contributed by atoms with Crippen LogP contribution in [0, 0.1) is 20.8 Å². The van der Waals surface area contributed by atoms with E-state index in [2.05, 4.69) is 20.4 Å². The van der Waals surface area contributed by atoms with Crippen molar-refractivity contribution >= 4 is 21.5 Å². The van der Waals surface area contributed by atoms with Crippen molar-refractivity contribution in [2.24, 2.45) is 0 Å². The Morgan fingerprint density at radius 1 is 1.17 bits per heavy atom. The highest BCUT2D eigenvalue weighted by atomic mass is 32.2. The van der Waals surface area contributed by atoms with Crippen molar-refractivity contribution in [1.29, 1.82) is 0 Å². The second-order valence-electron chi connectivity index (χ2n) is 7.62. The number of sulfonamides is 1. The normalized spacial score (nSPS) is 17.8. The average molecular weight is 428 g/mol. The Morgan fingerprint density at radius 2 is 2.00 bits per heavy atom. The van der Waals surface area contributed by atoms with E-state index >= 15 is 0 Å². The summed E-state index contributed by atoms with van der Waals surface area (Å²) in [6.07, 6.45) is 3.44. The summed E-state index contributed by atoms with van der Waals surface area (Å²) in [7, 11) is -3.65. The topological polar surface area (TPSA) is 101 Å². The van der Waals surface area contributed by atoms with Crippen LogP contribution >= 0.6 is 0 Å². The predicted molar refractivity (Wildman–Crippen MR) is 113 cm³/mol. The van der Waals surface area contributed by atoms with E-state index in [-0.39, 0.29) is 10.8 Å². The van der Waals surface area contributed by atoms with Crippen LogP contribution in [0.15, 0.2) is 45.9 Å². The summed E-state index contributed by atoms with van der Waals surface area (Å²) in [5.41, 5.74) is 3.06. The van der Waals surface area contributed by atoms with Gasteiger partial charge in [-0.05, 0) is 57.9 Å². The number of pyridine rings is 2. The summed E-state index contributed by atoms with van der Waals surface area (Å²) >= 11 is 0. The van der Waals surface area contributed by atoms with Gasteiger partial charge in [0.05, 0.1) is 11.9 Å². The molecule has 0 aliphatic carbocycles. The van der Waals surface area contributed by atoms with Gasteiger partial charge in [-0.1, -0.05) is 11.2 Å². The third kappa shape index (κ3) is 4.08. The van der Waals surface area contributed by atoms with Crippen LogP contribution in [0.1, 0.15) is 41.6 Å². The van der Waals surface area contributed by atoms with Crippen LogP contribution in [0.5, 0.6) is 0 Å². The zero-order chi connectivity index (χ0) is 21.3. The minimum absolute atomic E-state index is 0.0418. The van der Waals surface area contributed by atoms with Gasteiger partial charge in [0.2, 0.25) is 10.0 Å². The quantitative estimate of drug-likeness (QED) is 0.662. The molecule has 4 rings (SSSR count). The fraction of sp³-hybridized carbons (Fsp3) is 0.381. The number of nitrogens with zero attached hydrogens (tertiary/aromatic N) is 4. The van der Waals surface area contributed by atoms with Crippen molar-refractivity contribution in [1.82, 2.24) is 19.4 Å². The highest BCUT2D eigenvalue weighted by Gasteiger charge is 2.35. The van der Waals surface area contributed by atoms with E-state index in [0.29, 0.717) is 24.5 Å². The van der Waals surface area contributed by atoms with Gasteiger partial charge < -0.3 is 9.84 Å². The molecule has 0 bridgehead atoms. The van der Waals surface area contributed by atoms with Crippen molar-refractivity contribution < 1.29 is 12.9 Å². The first-order chi connectivity index (χ1) is 14.3. The van der Waals surface area contributed by atoms with Gasteiger partial charge in [-0.3, -0.25) is 4.98 Å². The molecule has 1 aliphatic rings. The van der Waals surface area contributed by atoms with Crippen molar-refractivity contribution in [2.75, 3.05) is 18.4 Å². The lowest BCUT2D eigenvalue weighted by Crippen LogP contribution is -2.39. The maximum Gasteiger partial charge on any atom is 0.248 e. The second kappa shape index (κ2) is 8.16. The largest absolute Gasteiger partial charge is 0.360 e. The Hall–Kier alpha value is -2.78. The minimum Gasteiger partial charge on any atom is -0.360 e. The maximum atomic E-state index is 13.1. The second-order valence-corrected chi connectivity index (χ2v) is 9.49. The predicted octanol–water partition coefficient (Wildman–Crippen LogP) is 3.70. The fourth-order valence-electron chi connectivity index (χ4n) is 3.86. The van der Waals surface area contributed by atoms with Crippen LogP contribution < -0.4 is 5.32 Å². The summed E-state index contributed by atoms with van der Waals surface area (Å²) in [6, 6.07) is 9.70. The molecule has 3 aromatic heterocycles. The van der Waals surface area contributed by atoms with Gasteiger partial charge in [-0.15, -0.1) is 0 Å². The van der Waals surface area contributed by atoms with Crippen LogP contribution in [0.4, 0.5) is 11.5 Å². The monoisotopic (exact) mass is 427 g/mol. The summed E-state index contributed by atoms with van der Waals surface area (Å²) in [5, 5.41) is 7.04. The van der Waals surface area contributed by atoms with Gasteiger partial charge in [0.15, 0.2) is 5.76 Å². The summed E-state index contributed by atoms with van der Waals surface area (Å²) < 4.78 is 32.9. The number of anilines is 2. The van der Waals surface area contributed by atoms with Crippen LogP contribution in [0.3, 0.4) is 0 Å². The van der Waals surface area contributed by atoms with Crippen molar-refractivity contribution in [3.63, 3.8) is 0 Å². The van der Waals surface area contributed by atoms with E-state index in [4.69, 9.17) is 4.52 Å². The lowest BCUT2D eigenvalue weighted by atomic mass is 9.95. The highest BCUT2D eigenvalue weighted by molar-refractivity contribution is 7.89. The van der Waals surface area contributed by atoms with E-state index in [1.165, 1.54) is 4.31 Å². The lowest BCUT2D eigenvalue weighted by Gasteiger charge is -2.31. The third-order valence-electron chi connectivity index (χ3n) is 5.32. The molecule has 3 aromatic rings. The Balaban J connectivity index is 1.49. The van der Waals surface area contributed by atoms with Crippen LogP contribution in [0.2, 0.25) is 0 Å². The molecule has 0 radical (unpaired) electrons. The number of aryl methyl sites for hydroxylation is 3. The zero-order valence-corrected chi connectivity index (χ0v) is 18.1. The number of hydrogen-bond donors (Lipinski definition) is 1. The molecule has 0 aromatic carbocycles. The van der Waals surface area contributed by atoms with Crippen LogP contribution in [0.25, 0.3) is 0 Å². The van der Waals surface area contributed by atoms with Crippen molar-refractivity contribution in [2.45, 2.75) is 44.4 Å². The summed E-state index contributed by atoms with van der Waals surface area (Å²) in [5.74, 6) is 1.13. The molecule has 1 aliphatic heterocycles. The molecule has 0 amide bonds. The van der Waals surface area contributed by atoms with E-state index in [9.17, 15) is 8.42 Å². The van der Waals surface area contributed by atoms with Crippen LogP contribution in [-0.4, -0.2) is 40.9 Å². The molecule has 0 saturated carbocycles. The molecule has 0 unspecified atom stereocenters. The van der Waals surface area contributed by atoms with E-state index in [0.717, 1.165) is 35.7 Å². The molecule has 0 spiro atoms. The molecule has 8 nitrogen and oxygen atoms in total. The van der Waals surface area contributed by atoms with Crippen LogP contribution in [-0.2, 0) is 10.0 Å². The first-order valence-corrected chi connectivity index (χ1v) is 11.4. The average Bonchev–Trinajstić information content (AvgIpc) is 3.07. The van der Waals surface area contributed by atoms with E-state index in [1.54, 1.807) is 20.0 Å². The Morgan fingerprint density at radius 3 is 2.67 bits per heavy atom. The zero-order valence-electron chi connectivity index (χ0n) is 17.3. The molecule has 1 N–H and O–H groups in total. The fourth-order valence-corrected chi connectivity index (χ4v) is 5.67. The van der Waals surface area contributed by atoms with Gasteiger partial charge in [-0.2, -0.15) is 4.31 Å². The maximum absolute atomic E-state index is 13.1. The number of rotatable bonds is 5. The van der Waals surface area contributed by atoms with Crippen molar-refractivity contribution in [3.8, 4) is 0 Å². The van der Waals surface area contributed by atoms with E-state index < -0.39 is 10.0 Å². The number of nitrogens with one attached hydrogen (secondary N) is 1. The molecular formula is C21H25N5O3S. The lowest BCUT2D eigenvalue weighted by molar-refractivity contribution is 0.312. The summed E-state index contributed by atoms with van der Waals surface area (Å²) in [6.45, 7) is 6.11. The molecule has 158 valence electrons. The third-order valence-corrected chi connectivity index (χ3v) is 7.43. The minimum atomic E-state index is -3.65. The molecule has 1 saturated heterocycles. The summed E-state index contributed by atoms with van der Waals surface area (Å²) in [4.78, 5) is 9.21. The van der Waals surface area contributed by atoms with Gasteiger partial charge in [0, 0.05) is 30.4 Å². The van der Waals surface area contributed by atoms with E-state index in [1.807, 2.05) is 37.3 Å². The molecule has 4 heterocycles. The molecule has 30 heavy (non-hydrogen) atoms. The molecule has 1 fully saturated rings. The standard InChI is InChI=1S/C21H25N5O3S/c1-14-6-4-8-20(23-14)24-18-9-10-19(22-12-18)17-7-5-11-26(13-17)30(27,28)21-15(2)25-29-16(21)3/h4,6,8-10,12,17H,5,7,11,13H2,1-3H3,(H,23,24)/t17-/m1/s1. The first-order valence-electron chi connectivity index (χ1n) is 9.94. The molecule has 1 atom stereocenters. The van der Waals surface area contributed by atoms with Gasteiger partial charge in [0.1, 0.15) is 16.4 Å².